The molecule has 72 valence electrons. The Bertz CT molecular complexity index is 273. The van der Waals surface area contributed by atoms with E-state index in [9.17, 15) is 4.39 Å². The van der Waals surface area contributed by atoms with Gasteiger partial charge in [0.05, 0.1) is 0 Å². The van der Waals surface area contributed by atoms with Gasteiger partial charge in [0.25, 0.3) is 0 Å². The summed E-state index contributed by atoms with van der Waals surface area (Å²) in [7, 11) is 0. The van der Waals surface area contributed by atoms with Crippen LogP contribution in [0.4, 0.5) is 4.39 Å². The summed E-state index contributed by atoms with van der Waals surface area (Å²) >= 11 is 0. The molecule has 0 saturated heterocycles. The van der Waals surface area contributed by atoms with Crippen LogP contribution in [0.2, 0.25) is 0 Å². The number of benzene rings is 1. The molecule has 1 aliphatic rings. The van der Waals surface area contributed by atoms with Crippen molar-refractivity contribution < 1.29 is 4.39 Å². The smallest absolute Gasteiger partial charge is 0.123 e. The third-order valence-corrected chi connectivity index (χ3v) is 2.06. The van der Waals surface area contributed by atoms with Gasteiger partial charge in [0.15, 0.2) is 0 Å². The zero-order valence-electron chi connectivity index (χ0n) is 7.29. The lowest BCUT2D eigenvalue weighted by atomic mass is 10.2. The van der Waals surface area contributed by atoms with Crippen LogP contribution < -0.4 is 5.32 Å². The molecule has 0 heterocycles. The zero-order chi connectivity index (χ0) is 8.39. The second-order valence-corrected chi connectivity index (χ2v) is 3.29. The average Bonchev–Trinajstić information content (AvgIpc) is 2.84. The van der Waals surface area contributed by atoms with Crippen LogP contribution in [0.3, 0.4) is 0 Å². The average molecular weight is 202 g/mol. The predicted molar refractivity (Wildman–Crippen MR) is 53.5 cm³/mol. The number of nitrogens with one attached hydrogen (secondary N) is 1. The quantitative estimate of drug-likeness (QED) is 0.793. The molecule has 2 rings (SSSR count). The molecule has 1 nitrogen and oxygen atoms in total. The molecule has 3 heteroatoms. The SMILES string of the molecule is Cl.Fc1cccc(CNC2CC2)c1. The summed E-state index contributed by atoms with van der Waals surface area (Å²) in [6.07, 6.45) is 2.55. The van der Waals surface area contributed by atoms with Gasteiger partial charge in [-0.05, 0) is 30.5 Å². The molecule has 13 heavy (non-hydrogen) atoms. The molecule has 0 spiro atoms. The first-order valence-corrected chi connectivity index (χ1v) is 4.32. The molecule has 0 unspecified atom stereocenters. The Morgan fingerprint density at radius 3 is 2.77 bits per heavy atom. The van der Waals surface area contributed by atoms with Gasteiger partial charge in [-0.2, -0.15) is 0 Å². The third-order valence-electron chi connectivity index (χ3n) is 2.06. The lowest BCUT2D eigenvalue weighted by Gasteiger charge is -2.01. The summed E-state index contributed by atoms with van der Waals surface area (Å²) < 4.78 is 12.7. The Morgan fingerprint density at radius 2 is 2.15 bits per heavy atom. The molecule has 0 aromatic heterocycles. The van der Waals surface area contributed by atoms with E-state index in [1.54, 1.807) is 12.1 Å². The van der Waals surface area contributed by atoms with E-state index in [0.717, 1.165) is 12.1 Å². The molecule has 1 aromatic rings. The van der Waals surface area contributed by atoms with Crippen molar-refractivity contribution in [2.45, 2.75) is 25.4 Å². The summed E-state index contributed by atoms with van der Waals surface area (Å²) in [4.78, 5) is 0. The Morgan fingerprint density at radius 1 is 1.38 bits per heavy atom. The Hall–Kier alpha value is -0.600. The number of halogens is 2. The third kappa shape index (κ3) is 3.33. The molecule has 0 aliphatic heterocycles. The van der Waals surface area contributed by atoms with Gasteiger partial charge in [0.1, 0.15) is 5.82 Å². The monoisotopic (exact) mass is 201 g/mol. The van der Waals surface area contributed by atoms with Crippen molar-refractivity contribution in [2.24, 2.45) is 0 Å². The van der Waals surface area contributed by atoms with Crippen LogP contribution in [-0.4, -0.2) is 6.04 Å². The maximum Gasteiger partial charge on any atom is 0.123 e. The molecule has 0 amide bonds. The maximum atomic E-state index is 12.7. The first-order valence-electron chi connectivity index (χ1n) is 4.32. The summed E-state index contributed by atoms with van der Waals surface area (Å²) in [5, 5.41) is 3.33. The molecule has 1 fully saturated rings. The first kappa shape index (κ1) is 10.5. The van der Waals surface area contributed by atoms with Gasteiger partial charge in [0, 0.05) is 12.6 Å². The Labute approximate surface area is 83.8 Å². The molecule has 0 bridgehead atoms. The molecule has 0 atom stereocenters. The number of hydrogen-bond acceptors (Lipinski definition) is 1. The van der Waals surface area contributed by atoms with Crippen molar-refractivity contribution in [3.8, 4) is 0 Å². The van der Waals surface area contributed by atoms with Crippen molar-refractivity contribution in [3.05, 3.63) is 35.6 Å². The van der Waals surface area contributed by atoms with E-state index in [2.05, 4.69) is 5.32 Å². The molecule has 1 N–H and O–H groups in total. The van der Waals surface area contributed by atoms with Crippen LogP contribution >= 0.6 is 12.4 Å². The number of rotatable bonds is 3. The van der Waals surface area contributed by atoms with E-state index >= 15 is 0 Å². The normalized spacial score (nSPS) is 15.2. The maximum absolute atomic E-state index is 12.7. The van der Waals surface area contributed by atoms with E-state index in [-0.39, 0.29) is 18.2 Å². The molecule has 0 radical (unpaired) electrons. The van der Waals surface area contributed by atoms with E-state index in [0.29, 0.717) is 6.04 Å². The van der Waals surface area contributed by atoms with E-state index < -0.39 is 0 Å². The van der Waals surface area contributed by atoms with Gasteiger partial charge in [-0.25, -0.2) is 4.39 Å². The topological polar surface area (TPSA) is 12.0 Å². The molecular formula is C10H13ClFN. The highest BCUT2D eigenvalue weighted by atomic mass is 35.5. The van der Waals surface area contributed by atoms with E-state index in [4.69, 9.17) is 0 Å². The van der Waals surface area contributed by atoms with Crippen molar-refractivity contribution in [1.82, 2.24) is 5.32 Å². The second kappa shape index (κ2) is 4.58. The minimum Gasteiger partial charge on any atom is -0.310 e. The lowest BCUT2D eigenvalue weighted by molar-refractivity contribution is 0.619. The zero-order valence-corrected chi connectivity index (χ0v) is 8.11. The van der Waals surface area contributed by atoms with Crippen LogP contribution in [0.1, 0.15) is 18.4 Å². The fraction of sp³-hybridized carbons (Fsp3) is 0.400. The summed E-state index contributed by atoms with van der Waals surface area (Å²) in [6, 6.07) is 7.43. The van der Waals surface area contributed by atoms with Crippen molar-refractivity contribution in [3.63, 3.8) is 0 Å². The molecular weight excluding hydrogens is 189 g/mol. The standard InChI is InChI=1S/C10H12FN.ClH/c11-9-3-1-2-8(6-9)7-12-10-4-5-10;/h1-3,6,10,12H,4-5,7H2;1H. The summed E-state index contributed by atoms with van der Waals surface area (Å²) in [5.41, 5.74) is 1.03. The molecule has 1 saturated carbocycles. The fourth-order valence-corrected chi connectivity index (χ4v) is 1.20. The van der Waals surface area contributed by atoms with Gasteiger partial charge in [0.2, 0.25) is 0 Å². The van der Waals surface area contributed by atoms with Crippen LogP contribution in [0, 0.1) is 5.82 Å². The largest absolute Gasteiger partial charge is 0.310 e. The van der Waals surface area contributed by atoms with Crippen LogP contribution in [0.5, 0.6) is 0 Å². The van der Waals surface area contributed by atoms with E-state index in [1.165, 1.54) is 18.9 Å². The van der Waals surface area contributed by atoms with Crippen LogP contribution in [0.25, 0.3) is 0 Å². The highest BCUT2D eigenvalue weighted by molar-refractivity contribution is 5.85. The van der Waals surface area contributed by atoms with Crippen LogP contribution in [0.15, 0.2) is 24.3 Å². The number of hydrogen-bond donors (Lipinski definition) is 1. The van der Waals surface area contributed by atoms with Gasteiger partial charge >= 0.3 is 0 Å². The minimum absolute atomic E-state index is 0. The highest BCUT2D eigenvalue weighted by Crippen LogP contribution is 2.19. The lowest BCUT2D eigenvalue weighted by Crippen LogP contribution is -2.15. The van der Waals surface area contributed by atoms with Crippen LogP contribution in [-0.2, 0) is 6.54 Å². The highest BCUT2D eigenvalue weighted by Gasteiger charge is 2.19. The molecule has 1 aromatic carbocycles. The van der Waals surface area contributed by atoms with Crippen molar-refractivity contribution in [2.75, 3.05) is 0 Å². The minimum atomic E-state index is -0.148. The fourth-order valence-electron chi connectivity index (χ4n) is 1.20. The Kier molecular flexibility index (Phi) is 3.70. The summed E-state index contributed by atoms with van der Waals surface area (Å²) in [5.74, 6) is -0.148. The van der Waals surface area contributed by atoms with Gasteiger partial charge in [-0.3, -0.25) is 0 Å². The van der Waals surface area contributed by atoms with Gasteiger partial charge in [-0.15, -0.1) is 12.4 Å². The first-order chi connectivity index (χ1) is 5.84. The van der Waals surface area contributed by atoms with Crippen molar-refractivity contribution >= 4 is 12.4 Å². The Balaban J connectivity index is 0.000000845. The molecule has 1 aliphatic carbocycles. The van der Waals surface area contributed by atoms with E-state index in [1.807, 2.05) is 6.07 Å². The predicted octanol–water partition coefficient (Wildman–Crippen LogP) is 2.50. The summed E-state index contributed by atoms with van der Waals surface area (Å²) in [6.45, 7) is 0.794. The van der Waals surface area contributed by atoms with Gasteiger partial charge in [-0.1, -0.05) is 12.1 Å². The van der Waals surface area contributed by atoms with Crippen molar-refractivity contribution in [1.29, 1.82) is 0 Å². The van der Waals surface area contributed by atoms with Gasteiger partial charge < -0.3 is 5.32 Å². The second-order valence-electron chi connectivity index (χ2n) is 3.29.